The van der Waals surface area contributed by atoms with Crippen LogP contribution in [0.4, 0.5) is 5.82 Å². The van der Waals surface area contributed by atoms with Crippen molar-refractivity contribution >= 4 is 11.7 Å². The molecule has 1 aromatic carbocycles. The van der Waals surface area contributed by atoms with Gasteiger partial charge >= 0.3 is 0 Å². The third-order valence-electron chi connectivity index (χ3n) is 7.24. The second-order valence-electron chi connectivity index (χ2n) is 9.51. The van der Waals surface area contributed by atoms with Crippen molar-refractivity contribution in [3.8, 4) is 16.9 Å². The van der Waals surface area contributed by atoms with Gasteiger partial charge in [0.2, 0.25) is 0 Å². The Morgan fingerprint density at radius 1 is 1.03 bits per heavy atom. The van der Waals surface area contributed by atoms with Crippen LogP contribution in [0.5, 0.6) is 5.75 Å². The summed E-state index contributed by atoms with van der Waals surface area (Å²) in [6, 6.07) is 14.2. The lowest BCUT2D eigenvalue weighted by Crippen LogP contribution is -2.45. The molecular weight excluding hydrogens is 438 g/mol. The van der Waals surface area contributed by atoms with E-state index in [1.165, 1.54) is 25.9 Å². The quantitative estimate of drug-likeness (QED) is 0.577. The number of benzene rings is 1. The zero-order valence-corrected chi connectivity index (χ0v) is 20.3. The van der Waals surface area contributed by atoms with Gasteiger partial charge in [0.05, 0.1) is 5.69 Å². The first-order chi connectivity index (χ1) is 17.1. The Hall–Kier alpha value is -3.45. The average molecular weight is 472 g/mol. The second kappa shape index (κ2) is 10.4. The van der Waals surface area contributed by atoms with Crippen LogP contribution in [-0.2, 0) is 6.61 Å². The third-order valence-corrected chi connectivity index (χ3v) is 7.24. The van der Waals surface area contributed by atoms with Crippen molar-refractivity contribution in [3.63, 3.8) is 0 Å². The fourth-order valence-electron chi connectivity index (χ4n) is 5.07. The molecule has 7 heteroatoms. The number of piperidine rings is 1. The van der Waals surface area contributed by atoms with Crippen molar-refractivity contribution < 1.29 is 9.53 Å². The number of ether oxygens (including phenoxy) is 1. The zero-order chi connectivity index (χ0) is 24.2. The van der Waals surface area contributed by atoms with E-state index >= 15 is 0 Å². The molecule has 0 radical (unpaired) electrons. The van der Waals surface area contributed by atoms with Crippen LogP contribution in [-0.4, -0.2) is 57.9 Å². The van der Waals surface area contributed by atoms with Crippen molar-refractivity contribution in [2.24, 2.45) is 0 Å². The average Bonchev–Trinajstić information content (AvgIpc) is 3.44. The number of nitrogens with zero attached hydrogens (tertiary/aromatic N) is 4. The number of aryl methyl sites for hydroxylation is 1. The van der Waals surface area contributed by atoms with E-state index in [-0.39, 0.29) is 5.91 Å². The van der Waals surface area contributed by atoms with Gasteiger partial charge in [-0.2, -0.15) is 0 Å². The van der Waals surface area contributed by atoms with Gasteiger partial charge in [-0.15, -0.1) is 0 Å². The molecule has 0 saturated carbocycles. The van der Waals surface area contributed by atoms with E-state index < -0.39 is 0 Å². The highest BCUT2D eigenvalue weighted by molar-refractivity contribution is 5.94. The van der Waals surface area contributed by atoms with Crippen molar-refractivity contribution in [3.05, 3.63) is 71.7 Å². The number of nitrogen functional groups attached to an aromatic ring is 1. The molecule has 0 atom stereocenters. The van der Waals surface area contributed by atoms with Gasteiger partial charge in [-0.05, 0) is 81.1 Å². The van der Waals surface area contributed by atoms with Crippen LogP contribution in [0.25, 0.3) is 11.1 Å². The molecule has 0 unspecified atom stereocenters. The maximum atomic E-state index is 13.1. The number of pyridine rings is 2. The number of rotatable bonds is 6. The molecule has 7 nitrogen and oxygen atoms in total. The number of carbonyl (C=O) groups excluding carboxylic acids is 1. The smallest absolute Gasteiger partial charge is 0.253 e. The molecule has 35 heavy (non-hydrogen) atoms. The van der Waals surface area contributed by atoms with Gasteiger partial charge < -0.3 is 20.3 Å². The summed E-state index contributed by atoms with van der Waals surface area (Å²) in [5.74, 6) is 0.974. The molecule has 2 aromatic heterocycles. The molecule has 3 aromatic rings. The Balaban J connectivity index is 1.22. The van der Waals surface area contributed by atoms with Crippen LogP contribution in [0.3, 0.4) is 0 Å². The molecule has 2 fully saturated rings. The van der Waals surface area contributed by atoms with Crippen LogP contribution < -0.4 is 10.5 Å². The first-order valence-corrected chi connectivity index (χ1v) is 12.5. The Morgan fingerprint density at radius 2 is 1.77 bits per heavy atom. The molecule has 2 aliphatic heterocycles. The highest BCUT2D eigenvalue weighted by atomic mass is 16.5. The number of hydrogen-bond donors (Lipinski definition) is 1. The minimum atomic E-state index is 0.113. The molecule has 2 saturated heterocycles. The zero-order valence-electron chi connectivity index (χ0n) is 20.3. The van der Waals surface area contributed by atoms with Gasteiger partial charge in [0, 0.05) is 42.7 Å². The van der Waals surface area contributed by atoms with Crippen LogP contribution in [0.15, 0.2) is 54.9 Å². The SMILES string of the molecule is Cc1cccnc1COc1cc(-c2ccc(C(=O)N3CCC(N4CCCC4)CC3)cc2)cnc1N. The largest absolute Gasteiger partial charge is 0.483 e. The Labute approximate surface area is 206 Å². The van der Waals surface area contributed by atoms with Crippen molar-refractivity contribution in [2.45, 2.75) is 45.3 Å². The van der Waals surface area contributed by atoms with Crippen LogP contribution in [0, 0.1) is 6.92 Å². The Bertz CT molecular complexity index is 1170. The van der Waals surface area contributed by atoms with Gasteiger partial charge in [-0.25, -0.2) is 4.98 Å². The molecule has 2 aliphatic rings. The number of aromatic nitrogens is 2. The second-order valence-corrected chi connectivity index (χ2v) is 9.51. The van der Waals surface area contributed by atoms with E-state index in [1.54, 1.807) is 12.4 Å². The number of likely N-dealkylation sites (tertiary alicyclic amines) is 2. The lowest BCUT2D eigenvalue weighted by Gasteiger charge is -2.36. The predicted octanol–water partition coefficient (Wildman–Crippen LogP) is 4.31. The Morgan fingerprint density at radius 3 is 2.49 bits per heavy atom. The lowest BCUT2D eigenvalue weighted by atomic mass is 10.0. The molecule has 4 heterocycles. The van der Waals surface area contributed by atoms with Gasteiger partial charge in [0.15, 0.2) is 11.6 Å². The van der Waals surface area contributed by atoms with E-state index in [1.807, 2.05) is 54.3 Å². The number of anilines is 1. The highest BCUT2D eigenvalue weighted by Crippen LogP contribution is 2.29. The number of carbonyl (C=O) groups is 1. The minimum Gasteiger partial charge on any atom is -0.483 e. The molecule has 5 rings (SSSR count). The summed E-state index contributed by atoms with van der Waals surface area (Å²) in [5, 5.41) is 0. The summed E-state index contributed by atoms with van der Waals surface area (Å²) < 4.78 is 5.94. The van der Waals surface area contributed by atoms with Crippen molar-refractivity contribution in [1.29, 1.82) is 0 Å². The number of nitrogens with two attached hydrogens (primary N) is 1. The van der Waals surface area contributed by atoms with E-state index in [0.29, 0.717) is 24.2 Å². The van der Waals surface area contributed by atoms with Crippen LogP contribution in [0.2, 0.25) is 0 Å². The summed E-state index contributed by atoms with van der Waals surface area (Å²) in [5.41, 5.74) is 10.6. The summed E-state index contributed by atoms with van der Waals surface area (Å²) in [4.78, 5) is 26.4. The molecule has 2 N–H and O–H groups in total. The standard InChI is InChI=1S/C28H33N5O2/c1-20-5-4-12-30-25(20)19-35-26-17-23(18-31-27(26)29)21-6-8-22(9-7-21)28(34)33-15-10-24(11-16-33)32-13-2-3-14-32/h4-9,12,17-18,24H,2-3,10-11,13-16,19H2,1H3,(H2,29,31). The first kappa shape index (κ1) is 23.3. The van der Waals surface area contributed by atoms with E-state index in [2.05, 4.69) is 14.9 Å². The van der Waals surface area contributed by atoms with Gasteiger partial charge in [0.1, 0.15) is 6.61 Å². The molecular formula is C28H33N5O2. The predicted molar refractivity (Wildman–Crippen MR) is 137 cm³/mol. The van der Waals surface area contributed by atoms with Gasteiger partial charge in [0.25, 0.3) is 5.91 Å². The fraction of sp³-hybridized carbons (Fsp3) is 0.393. The maximum Gasteiger partial charge on any atom is 0.253 e. The summed E-state index contributed by atoms with van der Waals surface area (Å²) >= 11 is 0. The molecule has 182 valence electrons. The monoisotopic (exact) mass is 471 g/mol. The van der Waals surface area contributed by atoms with Crippen LogP contribution in [0.1, 0.15) is 47.3 Å². The molecule has 0 spiro atoms. The topological polar surface area (TPSA) is 84.6 Å². The summed E-state index contributed by atoms with van der Waals surface area (Å²) in [6.45, 7) is 6.43. The van der Waals surface area contributed by atoms with Gasteiger partial charge in [-0.1, -0.05) is 18.2 Å². The third kappa shape index (κ3) is 5.30. The van der Waals surface area contributed by atoms with E-state index in [9.17, 15) is 4.79 Å². The number of amides is 1. The van der Waals surface area contributed by atoms with E-state index in [0.717, 1.165) is 53.9 Å². The molecule has 1 amide bonds. The summed E-state index contributed by atoms with van der Waals surface area (Å²) in [6.07, 6.45) is 8.25. The number of hydrogen-bond acceptors (Lipinski definition) is 6. The minimum absolute atomic E-state index is 0.113. The van der Waals surface area contributed by atoms with Gasteiger partial charge in [-0.3, -0.25) is 9.78 Å². The van der Waals surface area contributed by atoms with Crippen LogP contribution >= 0.6 is 0 Å². The highest BCUT2D eigenvalue weighted by Gasteiger charge is 2.28. The normalized spacial score (nSPS) is 17.0. The summed E-state index contributed by atoms with van der Waals surface area (Å²) in [7, 11) is 0. The fourth-order valence-corrected chi connectivity index (χ4v) is 5.07. The van der Waals surface area contributed by atoms with Crippen molar-refractivity contribution in [2.75, 3.05) is 31.9 Å². The first-order valence-electron chi connectivity index (χ1n) is 12.5. The van der Waals surface area contributed by atoms with E-state index in [4.69, 9.17) is 10.5 Å². The Kier molecular flexibility index (Phi) is 6.95. The lowest BCUT2D eigenvalue weighted by molar-refractivity contribution is 0.0644. The molecule has 0 bridgehead atoms. The van der Waals surface area contributed by atoms with Crippen molar-refractivity contribution in [1.82, 2.24) is 19.8 Å². The maximum absolute atomic E-state index is 13.1. The molecule has 0 aliphatic carbocycles.